The van der Waals surface area contributed by atoms with Gasteiger partial charge in [-0.2, -0.15) is 8.78 Å². The summed E-state index contributed by atoms with van der Waals surface area (Å²) in [7, 11) is 0. The van der Waals surface area contributed by atoms with Crippen molar-refractivity contribution in [1.29, 1.82) is 0 Å². The topological polar surface area (TPSA) is 114 Å². The van der Waals surface area contributed by atoms with Crippen LogP contribution >= 0.6 is 0 Å². The Morgan fingerprint density at radius 2 is 1.45 bits per heavy atom. The van der Waals surface area contributed by atoms with E-state index >= 15 is 0 Å². The fraction of sp³-hybridized carbons (Fsp3) is 0.543. The maximum absolute atomic E-state index is 14.9. The molecule has 9 heteroatoms. The Balaban J connectivity index is 1.26. The number of nitrogen functional groups attached to an aromatic ring is 2. The van der Waals surface area contributed by atoms with Gasteiger partial charge < -0.3 is 25.7 Å². The van der Waals surface area contributed by atoms with E-state index in [1.165, 1.54) is 56.0 Å². The molecule has 4 N–H and O–H groups in total. The van der Waals surface area contributed by atoms with Gasteiger partial charge in [-0.25, -0.2) is 9.59 Å². The van der Waals surface area contributed by atoms with E-state index in [1.807, 2.05) is 0 Å². The molecule has 1 fully saturated rings. The van der Waals surface area contributed by atoms with Crippen molar-refractivity contribution in [1.82, 2.24) is 0 Å². The summed E-state index contributed by atoms with van der Waals surface area (Å²) in [5.41, 5.74) is 13.2. The molecular weight excluding hydrogens is 566 g/mol. The predicted octanol–water partition coefficient (Wildman–Crippen LogP) is 8.57. The number of unbranched alkanes of at least 4 members (excludes halogenated alkanes) is 6. The van der Waals surface area contributed by atoms with Crippen LogP contribution in [0.15, 0.2) is 48.5 Å². The van der Waals surface area contributed by atoms with Crippen molar-refractivity contribution in [2.45, 2.75) is 96.5 Å². The van der Waals surface area contributed by atoms with E-state index < -0.39 is 24.0 Å². The lowest BCUT2D eigenvalue weighted by Gasteiger charge is -2.33. The number of carbonyl (C=O) groups excluding carboxylic acids is 2. The van der Waals surface area contributed by atoms with Gasteiger partial charge in [-0.05, 0) is 99.3 Å². The van der Waals surface area contributed by atoms with Crippen molar-refractivity contribution in [2.75, 3.05) is 24.7 Å². The van der Waals surface area contributed by atoms with Crippen LogP contribution in [0.3, 0.4) is 0 Å². The molecule has 0 aromatic heterocycles. The van der Waals surface area contributed by atoms with Crippen LogP contribution in [0, 0.1) is 11.8 Å². The molecule has 0 spiro atoms. The third-order valence-electron chi connectivity index (χ3n) is 8.06. The van der Waals surface area contributed by atoms with E-state index in [0.29, 0.717) is 54.1 Å². The van der Waals surface area contributed by atoms with Gasteiger partial charge in [0.25, 0.3) is 0 Å². The van der Waals surface area contributed by atoms with Gasteiger partial charge in [0, 0.05) is 17.5 Å². The van der Waals surface area contributed by atoms with Crippen molar-refractivity contribution in [3.63, 3.8) is 0 Å². The summed E-state index contributed by atoms with van der Waals surface area (Å²) >= 11 is 0. The maximum atomic E-state index is 14.9. The minimum absolute atomic E-state index is 0.112. The van der Waals surface area contributed by atoms with E-state index in [1.54, 1.807) is 24.3 Å². The number of benzene rings is 2. The van der Waals surface area contributed by atoms with E-state index in [-0.39, 0.29) is 19.0 Å². The largest absolute Gasteiger partial charge is 0.463 e. The van der Waals surface area contributed by atoms with Gasteiger partial charge in [0.1, 0.15) is 5.75 Å². The van der Waals surface area contributed by atoms with E-state index in [4.69, 9.17) is 25.7 Å². The van der Waals surface area contributed by atoms with E-state index in [0.717, 1.165) is 32.1 Å². The summed E-state index contributed by atoms with van der Waals surface area (Å²) < 4.78 is 45.3. The second kappa shape index (κ2) is 18.2. The molecule has 0 aliphatic heterocycles. The van der Waals surface area contributed by atoms with Gasteiger partial charge in [-0.15, -0.1) is 0 Å². The molecule has 1 aliphatic rings. The minimum Gasteiger partial charge on any atom is -0.463 e. The molecule has 0 heterocycles. The quantitative estimate of drug-likeness (QED) is 0.0748. The molecule has 0 atom stereocenters. The van der Waals surface area contributed by atoms with Crippen molar-refractivity contribution in [3.8, 4) is 5.75 Å². The molecule has 242 valence electrons. The summed E-state index contributed by atoms with van der Waals surface area (Å²) in [6.45, 7) is 2.74. The van der Waals surface area contributed by atoms with E-state index in [9.17, 15) is 18.4 Å². The Kier molecular flexibility index (Phi) is 14.5. The zero-order valence-electron chi connectivity index (χ0n) is 25.9. The Morgan fingerprint density at radius 3 is 2.09 bits per heavy atom. The van der Waals surface area contributed by atoms with Crippen molar-refractivity contribution in [2.24, 2.45) is 11.8 Å². The molecule has 0 unspecified atom stereocenters. The van der Waals surface area contributed by atoms with Crippen LogP contribution in [0.5, 0.6) is 5.75 Å². The standard InChI is InChI=1S/C35H48F2N2O5/c1-2-3-4-7-10-26-11-16-29(17-12-26)35(36,37)44-32-18-13-27(14-19-32)15-20-33(40)42-21-8-5-6-9-22-43-34(41)28-23-30(38)25-31(39)24-28/h13-15,18-20,23-26,29H,2-12,16-17,21-22,38-39H2,1H3. The minimum atomic E-state index is -3.20. The van der Waals surface area contributed by atoms with Gasteiger partial charge in [-0.3, -0.25) is 0 Å². The third kappa shape index (κ3) is 12.5. The smallest absolute Gasteiger partial charge is 0.400 e. The lowest BCUT2D eigenvalue weighted by molar-refractivity contribution is -0.223. The summed E-state index contributed by atoms with van der Waals surface area (Å²) in [4.78, 5) is 24.1. The maximum Gasteiger partial charge on any atom is 0.400 e. The molecule has 0 radical (unpaired) electrons. The number of nitrogens with two attached hydrogens (primary N) is 2. The highest BCUT2D eigenvalue weighted by atomic mass is 19.3. The Morgan fingerprint density at radius 1 is 0.841 bits per heavy atom. The van der Waals surface area contributed by atoms with Gasteiger partial charge in [0.05, 0.1) is 24.7 Å². The number of halogens is 2. The first-order chi connectivity index (χ1) is 21.2. The normalized spacial score (nSPS) is 17.0. The van der Waals surface area contributed by atoms with Crippen LogP contribution in [0.25, 0.3) is 6.08 Å². The molecule has 2 aromatic rings. The summed E-state index contributed by atoms with van der Waals surface area (Å²) in [5.74, 6) is -1.04. The van der Waals surface area contributed by atoms with Crippen LogP contribution in [0.2, 0.25) is 0 Å². The predicted molar refractivity (Wildman–Crippen MR) is 170 cm³/mol. The number of anilines is 2. The van der Waals surface area contributed by atoms with Crippen molar-refractivity contribution >= 4 is 29.4 Å². The second-order valence-electron chi connectivity index (χ2n) is 11.7. The van der Waals surface area contributed by atoms with Crippen molar-refractivity contribution in [3.05, 3.63) is 59.7 Å². The lowest BCUT2D eigenvalue weighted by atomic mass is 9.79. The molecule has 7 nitrogen and oxygen atoms in total. The summed E-state index contributed by atoms with van der Waals surface area (Å²) in [5, 5.41) is 0. The first-order valence-electron chi connectivity index (χ1n) is 16.0. The number of hydrogen-bond acceptors (Lipinski definition) is 7. The average Bonchev–Trinajstić information content (AvgIpc) is 2.99. The fourth-order valence-electron chi connectivity index (χ4n) is 5.52. The van der Waals surface area contributed by atoms with Crippen molar-refractivity contribution < 1.29 is 32.6 Å². The lowest BCUT2D eigenvalue weighted by Crippen LogP contribution is -2.37. The van der Waals surface area contributed by atoms with Gasteiger partial charge in [0.2, 0.25) is 0 Å². The Bertz CT molecular complexity index is 1170. The number of hydrogen-bond donors (Lipinski definition) is 2. The van der Waals surface area contributed by atoms with Crippen LogP contribution < -0.4 is 16.2 Å². The zero-order chi connectivity index (χ0) is 31.8. The molecule has 0 saturated heterocycles. The highest BCUT2D eigenvalue weighted by molar-refractivity contribution is 5.91. The van der Waals surface area contributed by atoms with Gasteiger partial charge in [-0.1, -0.05) is 51.2 Å². The first-order valence-corrected chi connectivity index (χ1v) is 16.0. The molecule has 2 aromatic carbocycles. The van der Waals surface area contributed by atoms with Crippen LogP contribution in [0.4, 0.5) is 20.2 Å². The Labute approximate surface area is 260 Å². The van der Waals surface area contributed by atoms with Gasteiger partial charge in [0.15, 0.2) is 0 Å². The highest BCUT2D eigenvalue weighted by Crippen LogP contribution is 2.41. The molecule has 0 amide bonds. The fourth-order valence-corrected chi connectivity index (χ4v) is 5.52. The molecule has 44 heavy (non-hydrogen) atoms. The SMILES string of the molecule is CCCCCCC1CCC(C(F)(F)Oc2ccc(C=CC(=O)OCCCCCCOC(=O)c3cc(N)cc(N)c3)cc2)CC1. The highest BCUT2D eigenvalue weighted by Gasteiger charge is 2.43. The molecule has 3 rings (SSSR count). The average molecular weight is 615 g/mol. The second-order valence-corrected chi connectivity index (χ2v) is 11.7. The van der Waals surface area contributed by atoms with E-state index in [2.05, 4.69) is 6.92 Å². The molecular formula is C35H48F2N2O5. The van der Waals surface area contributed by atoms with Gasteiger partial charge >= 0.3 is 18.0 Å². The monoisotopic (exact) mass is 614 g/mol. The van der Waals surface area contributed by atoms with Crippen LogP contribution in [-0.4, -0.2) is 31.3 Å². The number of ether oxygens (including phenoxy) is 3. The molecule has 1 aliphatic carbocycles. The van der Waals surface area contributed by atoms with Crippen LogP contribution in [0.1, 0.15) is 106 Å². The summed E-state index contributed by atoms with van der Waals surface area (Å²) in [6, 6.07) is 10.9. The molecule has 0 bridgehead atoms. The zero-order valence-corrected chi connectivity index (χ0v) is 25.9. The number of rotatable bonds is 18. The number of esters is 2. The van der Waals surface area contributed by atoms with Crippen LogP contribution in [-0.2, 0) is 14.3 Å². The molecule has 1 saturated carbocycles. The Hall–Kier alpha value is -3.62. The third-order valence-corrected chi connectivity index (χ3v) is 8.06. The number of alkyl halides is 2. The number of carbonyl (C=O) groups is 2. The first kappa shape index (κ1) is 34.9. The summed E-state index contributed by atoms with van der Waals surface area (Å²) in [6.07, 6.45) is 11.4.